The van der Waals surface area contributed by atoms with Crippen molar-refractivity contribution in [1.29, 1.82) is 0 Å². The van der Waals surface area contributed by atoms with E-state index in [9.17, 15) is 19.2 Å². The van der Waals surface area contributed by atoms with Crippen molar-refractivity contribution in [3.05, 3.63) is 24.3 Å². The molecule has 1 aromatic carbocycles. The van der Waals surface area contributed by atoms with Gasteiger partial charge in [-0.3, -0.25) is 24.1 Å². The van der Waals surface area contributed by atoms with Gasteiger partial charge in [-0.2, -0.15) is 0 Å². The molecule has 0 atom stereocenters. The molecule has 2 heterocycles. The van der Waals surface area contributed by atoms with Crippen molar-refractivity contribution in [2.24, 2.45) is 5.41 Å². The van der Waals surface area contributed by atoms with Crippen LogP contribution in [0.1, 0.15) is 51.4 Å². The van der Waals surface area contributed by atoms with Crippen LogP contribution in [-0.2, 0) is 19.2 Å². The van der Waals surface area contributed by atoms with Gasteiger partial charge < -0.3 is 10.2 Å². The Morgan fingerprint density at radius 3 is 2.46 bits per heavy atom. The first-order valence-corrected chi connectivity index (χ1v) is 10.0. The van der Waals surface area contributed by atoms with Gasteiger partial charge in [0.15, 0.2) is 0 Å². The lowest BCUT2D eigenvalue weighted by molar-refractivity contribution is -0.144. The van der Waals surface area contributed by atoms with Crippen LogP contribution in [0.3, 0.4) is 0 Å². The van der Waals surface area contributed by atoms with Gasteiger partial charge >= 0.3 is 0 Å². The third-order valence-corrected chi connectivity index (χ3v) is 6.14. The molecule has 1 aromatic rings. The highest BCUT2D eigenvalue weighted by Gasteiger charge is 2.51. The first-order chi connectivity index (χ1) is 13.5. The number of carbonyl (C=O) groups excluding carboxylic acids is 4. The standard InChI is InChI=1S/C21H25N3O4/c25-17(14-24-19(27)13-21(20(24)28)10-4-1-5-11-21)22-15-7-2-3-8-16(15)23-12-6-9-18(23)26/h2-3,7-8H,1,4-6,9-14H2,(H,22,25). The van der Waals surface area contributed by atoms with Crippen LogP contribution in [0.4, 0.5) is 11.4 Å². The van der Waals surface area contributed by atoms with Crippen LogP contribution < -0.4 is 10.2 Å². The van der Waals surface area contributed by atoms with E-state index in [1.165, 1.54) is 0 Å². The van der Waals surface area contributed by atoms with Gasteiger partial charge in [0.2, 0.25) is 23.6 Å². The van der Waals surface area contributed by atoms with Crippen LogP contribution in [0.2, 0.25) is 0 Å². The molecule has 0 aromatic heterocycles. The Morgan fingerprint density at radius 2 is 1.75 bits per heavy atom. The van der Waals surface area contributed by atoms with Gasteiger partial charge in [0, 0.05) is 19.4 Å². The highest BCUT2D eigenvalue weighted by molar-refractivity contribution is 6.10. The van der Waals surface area contributed by atoms with Gasteiger partial charge in [-0.1, -0.05) is 31.4 Å². The molecule has 3 aliphatic rings. The summed E-state index contributed by atoms with van der Waals surface area (Å²) in [6, 6.07) is 7.12. The summed E-state index contributed by atoms with van der Waals surface area (Å²) >= 11 is 0. The third kappa shape index (κ3) is 3.30. The van der Waals surface area contributed by atoms with E-state index in [2.05, 4.69) is 5.32 Å². The molecule has 1 spiro atoms. The van der Waals surface area contributed by atoms with Crippen LogP contribution in [0.15, 0.2) is 24.3 Å². The molecule has 3 fully saturated rings. The number of rotatable bonds is 4. The maximum absolute atomic E-state index is 12.9. The number of nitrogens with zero attached hydrogens (tertiary/aromatic N) is 2. The Balaban J connectivity index is 1.46. The summed E-state index contributed by atoms with van der Waals surface area (Å²) in [4.78, 5) is 52.8. The molecular formula is C21H25N3O4. The fourth-order valence-electron chi connectivity index (χ4n) is 4.69. The zero-order chi connectivity index (χ0) is 19.7. The van der Waals surface area contributed by atoms with E-state index in [-0.39, 0.29) is 30.7 Å². The molecular weight excluding hydrogens is 358 g/mol. The van der Waals surface area contributed by atoms with Crippen LogP contribution in [0.5, 0.6) is 0 Å². The molecule has 0 bridgehead atoms. The van der Waals surface area contributed by atoms with Crippen LogP contribution in [-0.4, -0.2) is 41.6 Å². The number of anilines is 2. The lowest BCUT2D eigenvalue weighted by Crippen LogP contribution is -2.41. The number of nitrogens with one attached hydrogen (secondary N) is 1. The molecule has 2 aliphatic heterocycles. The molecule has 2 saturated heterocycles. The topological polar surface area (TPSA) is 86.8 Å². The molecule has 1 saturated carbocycles. The summed E-state index contributed by atoms with van der Waals surface area (Å²) in [5.74, 6) is -0.847. The van der Waals surface area contributed by atoms with E-state index in [4.69, 9.17) is 0 Å². The number of hydrogen-bond donors (Lipinski definition) is 1. The quantitative estimate of drug-likeness (QED) is 0.809. The molecule has 28 heavy (non-hydrogen) atoms. The van der Waals surface area contributed by atoms with Crippen molar-refractivity contribution < 1.29 is 19.2 Å². The van der Waals surface area contributed by atoms with Gasteiger partial charge in [0.05, 0.1) is 16.8 Å². The van der Waals surface area contributed by atoms with Gasteiger partial charge in [0.1, 0.15) is 6.54 Å². The number of likely N-dealkylation sites (tertiary alicyclic amines) is 1. The van der Waals surface area contributed by atoms with Gasteiger partial charge in [-0.25, -0.2) is 0 Å². The van der Waals surface area contributed by atoms with Crippen LogP contribution in [0.25, 0.3) is 0 Å². The third-order valence-electron chi connectivity index (χ3n) is 6.14. The maximum atomic E-state index is 12.9. The second-order valence-corrected chi connectivity index (χ2v) is 8.02. The highest BCUT2D eigenvalue weighted by Crippen LogP contribution is 2.45. The predicted octanol–water partition coefficient (Wildman–Crippen LogP) is 2.46. The molecule has 7 heteroatoms. The van der Waals surface area contributed by atoms with Gasteiger partial charge in [-0.05, 0) is 31.4 Å². The fourth-order valence-corrected chi connectivity index (χ4v) is 4.69. The zero-order valence-corrected chi connectivity index (χ0v) is 15.9. The Kier molecular flexibility index (Phi) is 4.91. The number of para-hydroxylation sites is 2. The molecule has 148 valence electrons. The van der Waals surface area contributed by atoms with E-state index in [0.29, 0.717) is 24.3 Å². The predicted molar refractivity (Wildman–Crippen MR) is 104 cm³/mol. The molecule has 0 radical (unpaired) electrons. The molecule has 1 N–H and O–H groups in total. The number of imide groups is 1. The minimum atomic E-state index is -0.588. The summed E-state index contributed by atoms with van der Waals surface area (Å²) in [6.07, 6.45) is 5.98. The average molecular weight is 383 g/mol. The first kappa shape index (κ1) is 18.7. The number of hydrogen-bond acceptors (Lipinski definition) is 4. The number of carbonyl (C=O) groups is 4. The maximum Gasteiger partial charge on any atom is 0.244 e. The Labute approximate surface area is 164 Å². The summed E-state index contributed by atoms with van der Waals surface area (Å²) in [6.45, 7) is 0.346. The lowest BCUT2D eigenvalue weighted by Gasteiger charge is -2.30. The Morgan fingerprint density at radius 1 is 1.00 bits per heavy atom. The van der Waals surface area contributed by atoms with Crippen molar-refractivity contribution in [1.82, 2.24) is 4.90 Å². The minimum absolute atomic E-state index is 0.0332. The van der Waals surface area contributed by atoms with Gasteiger partial charge in [0.25, 0.3) is 0 Å². The van der Waals surface area contributed by atoms with Crippen molar-refractivity contribution >= 4 is 35.0 Å². The number of benzene rings is 1. The van der Waals surface area contributed by atoms with Gasteiger partial charge in [-0.15, -0.1) is 0 Å². The monoisotopic (exact) mass is 383 g/mol. The van der Waals surface area contributed by atoms with Crippen molar-refractivity contribution in [2.45, 2.75) is 51.4 Å². The Hall–Kier alpha value is -2.70. The minimum Gasteiger partial charge on any atom is -0.323 e. The normalized spacial score (nSPS) is 21.6. The second kappa shape index (κ2) is 7.37. The first-order valence-electron chi connectivity index (χ1n) is 10.0. The van der Waals surface area contributed by atoms with Crippen molar-refractivity contribution in [3.63, 3.8) is 0 Å². The number of amides is 4. The van der Waals surface area contributed by atoms with Crippen LogP contribution in [0, 0.1) is 5.41 Å². The Bertz CT molecular complexity index is 829. The lowest BCUT2D eigenvalue weighted by atomic mass is 9.73. The summed E-state index contributed by atoms with van der Waals surface area (Å²) in [5, 5.41) is 2.79. The van der Waals surface area contributed by atoms with Crippen molar-refractivity contribution in [3.8, 4) is 0 Å². The molecule has 4 rings (SSSR count). The molecule has 4 amide bonds. The average Bonchev–Trinajstić information content (AvgIpc) is 3.20. The summed E-state index contributed by atoms with van der Waals surface area (Å²) in [5.41, 5.74) is 0.588. The van der Waals surface area contributed by atoms with E-state index in [1.54, 1.807) is 23.1 Å². The SMILES string of the molecule is O=C(CN1C(=O)CC2(CCCCC2)C1=O)Nc1ccccc1N1CCCC1=O. The van der Waals surface area contributed by atoms with Crippen LogP contribution >= 0.6 is 0 Å². The van der Waals surface area contributed by atoms with E-state index < -0.39 is 11.3 Å². The van der Waals surface area contributed by atoms with E-state index in [0.717, 1.165) is 43.4 Å². The largest absolute Gasteiger partial charge is 0.323 e. The zero-order valence-electron chi connectivity index (χ0n) is 15.9. The van der Waals surface area contributed by atoms with E-state index in [1.807, 2.05) is 6.07 Å². The van der Waals surface area contributed by atoms with Crippen molar-refractivity contribution in [2.75, 3.05) is 23.3 Å². The fraction of sp³-hybridized carbons (Fsp3) is 0.524. The summed E-state index contributed by atoms with van der Waals surface area (Å²) < 4.78 is 0. The molecule has 0 unspecified atom stereocenters. The van der Waals surface area contributed by atoms with E-state index >= 15 is 0 Å². The smallest absolute Gasteiger partial charge is 0.244 e. The highest BCUT2D eigenvalue weighted by atomic mass is 16.2. The molecule has 1 aliphatic carbocycles. The molecule has 7 nitrogen and oxygen atoms in total. The second-order valence-electron chi connectivity index (χ2n) is 8.02. The summed E-state index contributed by atoms with van der Waals surface area (Å²) in [7, 11) is 0.